The summed E-state index contributed by atoms with van der Waals surface area (Å²) in [5.74, 6) is 0. The van der Waals surface area contributed by atoms with Crippen LogP contribution in [-0.2, 0) is 4.74 Å². The van der Waals surface area contributed by atoms with Crippen LogP contribution in [0.3, 0.4) is 0 Å². The molecule has 1 fully saturated rings. The molecule has 1 N–H and O–H groups in total. The van der Waals surface area contributed by atoms with Gasteiger partial charge >= 0.3 is 0 Å². The van der Waals surface area contributed by atoms with Crippen LogP contribution in [0.15, 0.2) is 0 Å². The molecule has 0 saturated heterocycles. The number of methoxy groups -OCH3 is 1. The van der Waals surface area contributed by atoms with Crippen molar-refractivity contribution in [3.05, 3.63) is 0 Å². The lowest BCUT2D eigenvalue weighted by molar-refractivity contribution is -0.0552. The van der Waals surface area contributed by atoms with E-state index in [0.29, 0.717) is 6.04 Å². The van der Waals surface area contributed by atoms with Gasteiger partial charge in [0.25, 0.3) is 0 Å². The fourth-order valence-electron chi connectivity index (χ4n) is 3.49. The molecule has 0 aromatic carbocycles. The zero-order valence-electron chi connectivity index (χ0n) is 13.5. The highest BCUT2D eigenvalue weighted by molar-refractivity contribution is 4.94. The molecule has 1 saturated carbocycles. The van der Waals surface area contributed by atoms with Crippen LogP contribution < -0.4 is 5.32 Å². The van der Waals surface area contributed by atoms with Crippen molar-refractivity contribution in [2.24, 2.45) is 0 Å². The van der Waals surface area contributed by atoms with E-state index >= 15 is 0 Å². The second kappa shape index (κ2) is 9.77. The van der Waals surface area contributed by atoms with Crippen LogP contribution in [0.25, 0.3) is 0 Å². The largest absolute Gasteiger partial charge is 0.377 e. The summed E-state index contributed by atoms with van der Waals surface area (Å²) in [7, 11) is 1.94. The first-order chi connectivity index (χ1) is 9.29. The first-order valence-corrected chi connectivity index (χ1v) is 8.57. The summed E-state index contributed by atoms with van der Waals surface area (Å²) in [5, 5.41) is 3.79. The van der Waals surface area contributed by atoms with Gasteiger partial charge in [0, 0.05) is 13.2 Å². The molecule has 114 valence electrons. The molecule has 1 unspecified atom stereocenters. The Labute approximate surface area is 120 Å². The maximum Gasteiger partial charge on any atom is 0.0830 e. The predicted molar refractivity (Wildman–Crippen MR) is 83.7 cm³/mol. The number of rotatable bonds is 9. The summed E-state index contributed by atoms with van der Waals surface area (Å²) < 4.78 is 6.09. The van der Waals surface area contributed by atoms with Crippen molar-refractivity contribution in [2.75, 3.05) is 13.7 Å². The van der Waals surface area contributed by atoms with E-state index in [1.54, 1.807) is 0 Å². The highest BCUT2D eigenvalue weighted by atomic mass is 16.5. The van der Waals surface area contributed by atoms with Crippen molar-refractivity contribution < 1.29 is 4.74 Å². The third kappa shape index (κ3) is 5.43. The number of hydrogen-bond acceptors (Lipinski definition) is 2. The lowest BCUT2D eigenvalue weighted by Crippen LogP contribution is -2.52. The molecule has 0 heterocycles. The summed E-state index contributed by atoms with van der Waals surface area (Å²) in [4.78, 5) is 0. The quantitative estimate of drug-likeness (QED) is 0.485. The zero-order chi connectivity index (χ0) is 14.0. The fraction of sp³-hybridized carbons (Fsp3) is 1.00. The summed E-state index contributed by atoms with van der Waals surface area (Å²) in [5.41, 5.74) is 0.111. The van der Waals surface area contributed by atoms with Crippen LogP contribution in [-0.4, -0.2) is 25.3 Å². The second-order valence-corrected chi connectivity index (χ2v) is 6.19. The van der Waals surface area contributed by atoms with E-state index in [1.807, 2.05) is 7.11 Å². The molecule has 0 bridgehead atoms. The van der Waals surface area contributed by atoms with Gasteiger partial charge in [0.15, 0.2) is 0 Å². The topological polar surface area (TPSA) is 21.3 Å². The average Bonchev–Trinajstić information content (AvgIpc) is 2.69. The van der Waals surface area contributed by atoms with Crippen molar-refractivity contribution >= 4 is 0 Å². The van der Waals surface area contributed by atoms with Crippen LogP contribution in [0.1, 0.15) is 84.5 Å². The van der Waals surface area contributed by atoms with Gasteiger partial charge < -0.3 is 10.1 Å². The Morgan fingerprint density at radius 2 is 1.68 bits per heavy atom. The number of hydrogen-bond donors (Lipinski definition) is 1. The smallest absolute Gasteiger partial charge is 0.0830 e. The maximum absolute atomic E-state index is 6.09. The van der Waals surface area contributed by atoms with Gasteiger partial charge in [0.2, 0.25) is 0 Å². The molecule has 19 heavy (non-hydrogen) atoms. The number of nitrogens with one attached hydrogen (secondary N) is 1. The molecule has 1 aliphatic carbocycles. The van der Waals surface area contributed by atoms with Crippen LogP contribution in [0.5, 0.6) is 0 Å². The first-order valence-electron chi connectivity index (χ1n) is 8.57. The Morgan fingerprint density at radius 1 is 1.00 bits per heavy atom. The van der Waals surface area contributed by atoms with E-state index in [2.05, 4.69) is 19.2 Å². The maximum atomic E-state index is 6.09. The van der Waals surface area contributed by atoms with E-state index in [0.717, 1.165) is 6.54 Å². The summed E-state index contributed by atoms with van der Waals surface area (Å²) in [6.45, 7) is 5.66. The fourth-order valence-corrected chi connectivity index (χ4v) is 3.49. The van der Waals surface area contributed by atoms with E-state index in [1.165, 1.54) is 70.6 Å². The lowest BCUT2D eigenvalue weighted by atomic mass is 9.83. The predicted octanol–water partition coefficient (Wildman–Crippen LogP) is 4.67. The van der Waals surface area contributed by atoms with Crippen molar-refractivity contribution in [3.8, 4) is 0 Å². The number of unbranched alkanes of at least 4 members (excludes halogenated alkanes) is 2. The summed E-state index contributed by atoms with van der Waals surface area (Å²) >= 11 is 0. The van der Waals surface area contributed by atoms with Crippen molar-refractivity contribution in [1.29, 1.82) is 0 Å². The monoisotopic (exact) mass is 269 g/mol. The first kappa shape index (κ1) is 17.0. The SMILES string of the molecule is CCCCCC(NCCC)C1(OC)CCCCCC1. The van der Waals surface area contributed by atoms with Gasteiger partial charge in [-0.3, -0.25) is 0 Å². The minimum Gasteiger partial charge on any atom is -0.377 e. The van der Waals surface area contributed by atoms with Gasteiger partial charge in [-0.1, -0.05) is 58.8 Å². The molecule has 1 atom stereocenters. The second-order valence-electron chi connectivity index (χ2n) is 6.19. The Hall–Kier alpha value is -0.0800. The average molecular weight is 269 g/mol. The molecule has 0 aliphatic heterocycles. The molecular weight excluding hydrogens is 234 g/mol. The Morgan fingerprint density at radius 3 is 2.21 bits per heavy atom. The van der Waals surface area contributed by atoms with E-state index < -0.39 is 0 Å². The van der Waals surface area contributed by atoms with Gasteiger partial charge in [-0.2, -0.15) is 0 Å². The van der Waals surface area contributed by atoms with Crippen LogP contribution in [0.2, 0.25) is 0 Å². The normalized spacial score (nSPS) is 21.0. The van der Waals surface area contributed by atoms with Gasteiger partial charge in [0.05, 0.1) is 5.60 Å². The highest BCUT2D eigenvalue weighted by Crippen LogP contribution is 2.35. The van der Waals surface area contributed by atoms with Gasteiger partial charge in [-0.05, 0) is 32.2 Å². The van der Waals surface area contributed by atoms with Crippen LogP contribution >= 0.6 is 0 Å². The van der Waals surface area contributed by atoms with Crippen LogP contribution in [0, 0.1) is 0 Å². The van der Waals surface area contributed by atoms with Gasteiger partial charge in [-0.25, -0.2) is 0 Å². The molecule has 2 nitrogen and oxygen atoms in total. The molecule has 2 heteroatoms. The van der Waals surface area contributed by atoms with Crippen molar-refractivity contribution in [3.63, 3.8) is 0 Å². The molecule has 1 aliphatic rings. The molecular formula is C17H35NO. The van der Waals surface area contributed by atoms with E-state index in [9.17, 15) is 0 Å². The Kier molecular flexibility index (Phi) is 8.72. The Balaban J connectivity index is 2.65. The van der Waals surface area contributed by atoms with Gasteiger partial charge in [0.1, 0.15) is 0 Å². The summed E-state index contributed by atoms with van der Waals surface area (Å²) in [6.07, 6.45) is 14.4. The minimum absolute atomic E-state index is 0.111. The third-order valence-corrected chi connectivity index (χ3v) is 4.73. The van der Waals surface area contributed by atoms with Crippen molar-refractivity contribution in [1.82, 2.24) is 5.32 Å². The van der Waals surface area contributed by atoms with E-state index in [4.69, 9.17) is 4.74 Å². The summed E-state index contributed by atoms with van der Waals surface area (Å²) in [6, 6.07) is 0.557. The molecule has 0 spiro atoms. The number of ether oxygens (including phenoxy) is 1. The highest BCUT2D eigenvalue weighted by Gasteiger charge is 2.38. The minimum atomic E-state index is 0.111. The molecule has 0 amide bonds. The standard InChI is InChI=1S/C17H35NO/c1-4-6-9-12-16(18-15-5-2)17(19-3)13-10-7-8-11-14-17/h16,18H,4-15H2,1-3H3. The van der Waals surface area contributed by atoms with Crippen molar-refractivity contribution in [2.45, 2.75) is 96.1 Å². The Bertz CT molecular complexity index is 209. The zero-order valence-corrected chi connectivity index (χ0v) is 13.5. The molecule has 0 aromatic rings. The van der Waals surface area contributed by atoms with Crippen LogP contribution in [0.4, 0.5) is 0 Å². The van der Waals surface area contributed by atoms with Gasteiger partial charge in [-0.15, -0.1) is 0 Å². The molecule has 0 aromatic heterocycles. The lowest BCUT2D eigenvalue weighted by Gasteiger charge is -2.40. The third-order valence-electron chi connectivity index (χ3n) is 4.73. The molecule has 0 radical (unpaired) electrons. The molecule has 1 rings (SSSR count). The van der Waals surface area contributed by atoms with E-state index in [-0.39, 0.29) is 5.60 Å².